The molecular formula is C11H23NO. The van der Waals surface area contributed by atoms with Crippen molar-refractivity contribution in [1.82, 2.24) is 5.32 Å². The Kier molecular flexibility index (Phi) is 4.11. The standard InChI is InChI=1S/C11H23NO/c1-10(2,3)9(13)11(4,5)7-8-12-6/h12H,7-8H2,1-6H3. The third-order valence-corrected chi connectivity index (χ3v) is 2.30. The first kappa shape index (κ1) is 12.6. The molecule has 0 radical (unpaired) electrons. The second kappa shape index (κ2) is 4.23. The highest BCUT2D eigenvalue weighted by atomic mass is 16.1. The Hall–Kier alpha value is -0.370. The lowest BCUT2D eigenvalue weighted by molar-refractivity contribution is -0.135. The smallest absolute Gasteiger partial charge is 0.143 e. The van der Waals surface area contributed by atoms with E-state index in [-0.39, 0.29) is 10.8 Å². The molecule has 2 heteroatoms. The lowest BCUT2D eigenvalue weighted by Gasteiger charge is -2.30. The molecule has 0 unspecified atom stereocenters. The summed E-state index contributed by atoms with van der Waals surface area (Å²) in [5.41, 5.74) is -0.432. The number of hydrogen-bond donors (Lipinski definition) is 1. The van der Waals surface area contributed by atoms with Crippen LogP contribution in [0.1, 0.15) is 41.0 Å². The maximum Gasteiger partial charge on any atom is 0.143 e. The van der Waals surface area contributed by atoms with E-state index >= 15 is 0 Å². The highest BCUT2D eigenvalue weighted by Gasteiger charge is 2.35. The van der Waals surface area contributed by atoms with Crippen molar-refractivity contribution in [2.75, 3.05) is 13.6 Å². The van der Waals surface area contributed by atoms with Crippen LogP contribution in [0.15, 0.2) is 0 Å². The van der Waals surface area contributed by atoms with Crippen molar-refractivity contribution >= 4 is 5.78 Å². The summed E-state index contributed by atoms with van der Waals surface area (Å²) in [6, 6.07) is 0. The highest BCUT2D eigenvalue weighted by molar-refractivity contribution is 5.88. The van der Waals surface area contributed by atoms with Gasteiger partial charge in [0.05, 0.1) is 0 Å². The van der Waals surface area contributed by atoms with Gasteiger partial charge in [-0.2, -0.15) is 0 Å². The summed E-state index contributed by atoms with van der Waals surface area (Å²) >= 11 is 0. The number of ketones is 1. The largest absolute Gasteiger partial charge is 0.320 e. The molecule has 0 heterocycles. The fourth-order valence-corrected chi connectivity index (χ4v) is 1.57. The molecule has 0 saturated heterocycles. The van der Waals surface area contributed by atoms with E-state index in [4.69, 9.17) is 0 Å². The third kappa shape index (κ3) is 3.90. The van der Waals surface area contributed by atoms with Crippen molar-refractivity contribution < 1.29 is 4.79 Å². The summed E-state index contributed by atoms with van der Waals surface area (Å²) in [6.45, 7) is 10.9. The molecule has 0 saturated carbocycles. The summed E-state index contributed by atoms with van der Waals surface area (Å²) in [5, 5.41) is 3.08. The lowest BCUT2D eigenvalue weighted by atomic mass is 9.73. The summed E-state index contributed by atoms with van der Waals surface area (Å²) in [4.78, 5) is 12.0. The van der Waals surface area contributed by atoms with E-state index in [1.54, 1.807) is 0 Å². The Morgan fingerprint density at radius 1 is 1.15 bits per heavy atom. The van der Waals surface area contributed by atoms with Gasteiger partial charge < -0.3 is 5.32 Å². The molecule has 2 nitrogen and oxygen atoms in total. The van der Waals surface area contributed by atoms with Crippen LogP contribution >= 0.6 is 0 Å². The molecule has 0 spiro atoms. The molecule has 0 aromatic carbocycles. The van der Waals surface area contributed by atoms with E-state index in [0.29, 0.717) is 5.78 Å². The minimum Gasteiger partial charge on any atom is -0.320 e. The maximum absolute atomic E-state index is 12.0. The zero-order valence-corrected chi connectivity index (χ0v) is 9.82. The van der Waals surface area contributed by atoms with Gasteiger partial charge in [0.15, 0.2) is 0 Å². The lowest BCUT2D eigenvalue weighted by Crippen LogP contribution is -2.36. The van der Waals surface area contributed by atoms with Crippen molar-refractivity contribution in [1.29, 1.82) is 0 Å². The minimum atomic E-state index is -0.225. The Labute approximate surface area is 82.1 Å². The van der Waals surface area contributed by atoms with Gasteiger partial charge in [-0.05, 0) is 20.0 Å². The number of carbonyl (C=O) groups excluding carboxylic acids is 1. The fraction of sp³-hybridized carbons (Fsp3) is 0.909. The molecule has 1 N–H and O–H groups in total. The molecule has 0 aromatic rings. The Morgan fingerprint density at radius 3 is 1.92 bits per heavy atom. The van der Waals surface area contributed by atoms with Crippen LogP contribution in [0.4, 0.5) is 0 Å². The SMILES string of the molecule is CNCCC(C)(C)C(=O)C(C)(C)C. The van der Waals surface area contributed by atoms with Gasteiger partial charge in [-0.3, -0.25) is 4.79 Å². The van der Waals surface area contributed by atoms with E-state index < -0.39 is 0 Å². The van der Waals surface area contributed by atoms with Crippen molar-refractivity contribution in [3.8, 4) is 0 Å². The molecule has 0 amide bonds. The molecule has 0 fully saturated rings. The van der Waals surface area contributed by atoms with Crippen molar-refractivity contribution in [3.63, 3.8) is 0 Å². The highest BCUT2D eigenvalue weighted by Crippen LogP contribution is 2.31. The maximum atomic E-state index is 12.0. The van der Waals surface area contributed by atoms with Crippen LogP contribution in [0.3, 0.4) is 0 Å². The summed E-state index contributed by atoms with van der Waals surface area (Å²) < 4.78 is 0. The van der Waals surface area contributed by atoms with Crippen molar-refractivity contribution in [2.45, 2.75) is 41.0 Å². The molecule has 0 aliphatic rings. The molecule has 0 rings (SSSR count). The van der Waals surface area contributed by atoms with Gasteiger partial charge in [-0.25, -0.2) is 0 Å². The minimum absolute atomic E-state index is 0.207. The van der Waals surface area contributed by atoms with Gasteiger partial charge in [0.2, 0.25) is 0 Å². The first-order valence-corrected chi connectivity index (χ1v) is 4.91. The Morgan fingerprint density at radius 2 is 1.62 bits per heavy atom. The fourth-order valence-electron chi connectivity index (χ4n) is 1.57. The van der Waals surface area contributed by atoms with Gasteiger partial charge in [-0.15, -0.1) is 0 Å². The predicted molar refractivity (Wildman–Crippen MR) is 56.8 cm³/mol. The van der Waals surface area contributed by atoms with E-state index in [1.807, 2.05) is 41.7 Å². The van der Waals surface area contributed by atoms with Crippen LogP contribution in [-0.2, 0) is 4.79 Å². The molecule has 0 atom stereocenters. The van der Waals surface area contributed by atoms with Crippen LogP contribution in [0.5, 0.6) is 0 Å². The van der Waals surface area contributed by atoms with E-state index in [0.717, 1.165) is 13.0 Å². The number of rotatable bonds is 4. The van der Waals surface area contributed by atoms with E-state index in [1.165, 1.54) is 0 Å². The number of nitrogens with one attached hydrogen (secondary N) is 1. The van der Waals surface area contributed by atoms with Crippen LogP contribution in [0.25, 0.3) is 0 Å². The Balaban J connectivity index is 4.36. The van der Waals surface area contributed by atoms with Gasteiger partial charge in [-0.1, -0.05) is 34.6 Å². The second-order valence-electron chi connectivity index (χ2n) is 5.32. The number of Topliss-reactive ketones (excluding diaryl/α,β-unsaturated/α-hetero) is 1. The quantitative estimate of drug-likeness (QED) is 0.727. The first-order chi connectivity index (χ1) is 5.72. The molecule has 78 valence electrons. The summed E-state index contributed by atoms with van der Waals surface area (Å²) in [7, 11) is 1.91. The topological polar surface area (TPSA) is 29.1 Å². The van der Waals surface area contributed by atoms with Gasteiger partial charge in [0.1, 0.15) is 5.78 Å². The van der Waals surface area contributed by atoms with Gasteiger partial charge in [0, 0.05) is 10.8 Å². The van der Waals surface area contributed by atoms with Crippen LogP contribution < -0.4 is 5.32 Å². The van der Waals surface area contributed by atoms with Crippen molar-refractivity contribution in [3.05, 3.63) is 0 Å². The molecule has 0 aliphatic carbocycles. The first-order valence-electron chi connectivity index (χ1n) is 4.91. The van der Waals surface area contributed by atoms with Crippen LogP contribution in [0, 0.1) is 10.8 Å². The van der Waals surface area contributed by atoms with Crippen molar-refractivity contribution in [2.24, 2.45) is 10.8 Å². The molecule has 0 aliphatic heterocycles. The zero-order valence-electron chi connectivity index (χ0n) is 9.82. The van der Waals surface area contributed by atoms with E-state index in [2.05, 4.69) is 5.32 Å². The zero-order chi connectivity index (χ0) is 10.7. The average molecular weight is 185 g/mol. The molecule has 0 aromatic heterocycles. The van der Waals surface area contributed by atoms with Gasteiger partial charge >= 0.3 is 0 Å². The van der Waals surface area contributed by atoms with E-state index in [9.17, 15) is 4.79 Å². The second-order valence-corrected chi connectivity index (χ2v) is 5.32. The molecule has 0 bridgehead atoms. The van der Waals surface area contributed by atoms with Gasteiger partial charge in [0.25, 0.3) is 0 Å². The molecular weight excluding hydrogens is 162 g/mol. The average Bonchev–Trinajstić information content (AvgIpc) is 1.98. The van der Waals surface area contributed by atoms with Crippen LogP contribution in [-0.4, -0.2) is 19.4 Å². The number of carbonyl (C=O) groups is 1. The summed E-state index contributed by atoms with van der Waals surface area (Å²) in [5.74, 6) is 0.343. The third-order valence-electron chi connectivity index (χ3n) is 2.30. The normalized spacial score (nSPS) is 13.1. The summed E-state index contributed by atoms with van der Waals surface area (Å²) in [6.07, 6.45) is 0.902. The monoisotopic (exact) mass is 185 g/mol. The Bertz CT molecular complexity index is 177. The molecule has 13 heavy (non-hydrogen) atoms. The predicted octanol–water partition coefficient (Wildman–Crippen LogP) is 2.24. The van der Waals surface area contributed by atoms with Crippen LogP contribution in [0.2, 0.25) is 0 Å². The number of hydrogen-bond acceptors (Lipinski definition) is 2.